The van der Waals surface area contributed by atoms with Crippen molar-refractivity contribution in [2.75, 3.05) is 26.8 Å². The number of nitrogens with one attached hydrogen (secondary N) is 4. The Morgan fingerprint density at radius 1 is 1.10 bits per heavy atom. The quantitative estimate of drug-likeness (QED) is 0.153. The average molecular weight is 678 g/mol. The van der Waals surface area contributed by atoms with Crippen LogP contribution < -0.4 is 15.4 Å². The van der Waals surface area contributed by atoms with Crippen LogP contribution in [0.1, 0.15) is 69.3 Å². The van der Waals surface area contributed by atoms with E-state index in [1.807, 2.05) is 33.0 Å². The van der Waals surface area contributed by atoms with E-state index < -0.39 is 12.1 Å². The molecule has 2 fully saturated rings. The standard InChI is InChI=1S/C38H43N7O5/c1-5-49-24-15-31(45(18-24)37(46)33(20(2)3)44-38(47)48-4)36-41-28-11-9-21-14-27-25-10-8-22(30-17-40-35(42-30)29-7-6-12-39-29)13-23(25)19-50-32(27)16-26(21)34(28)43-36/h8-11,13-14,16-17,20,24,29,31,33,39H,5-7,12,15,18-19H2,1-4H3,(H,40,42)(H,41,43)(H,44,47)/t24-,29-,31-,33-/m0/s1. The summed E-state index contributed by atoms with van der Waals surface area (Å²) in [6, 6.07) is 14.1. The molecule has 3 aliphatic heterocycles. The predicted octanol–water partition coefficient (Wildman–Crippen LogP) is 6.15. The number of nitrogens with zero attached hydrogens (tertiary/aromatic N) is 3. The van der Waals surface area contributed by atoms with Crippen molar-refractivity contribution in [1.82, 2.24) is 35.5 Å². The normalized spacial score (nSPS) is 20.6. The summed E-state index contributed by atoms with van der Waals surface area (Å²) in [7, 11) is 1.29. The minimum Gasteiger partial charge on any atom is -0.488 e. The Bertz CT molecular complexity index is 2080. The van der Waals surface area contributed by atoms with E-state index in [9.17, 15) is 9.59 Å². The highest BCUT2D eigenvalue weighted by atomic mass is 16.5. The van der Waals surface area contributed by atoms with E-state index in [4.69, 9.17) is 19.2 Å². The Morgan fingerprint density at radius 3 is 2.76 bits per heavy atom. The lowest BCUT2D eigenvalue weighted by molar-refractivity contribution is -0.136. The van der Waals surface area contributed by atoms with Crippen LogP contribution in [0.15, 0.2) is 48.7 Å². The molecule has 5 aromatic rings. The number of hydrogen-bond acceptors (Lipinski definition) is 8. The summed E-state index contributed by atoms with van der Waals surface area (Å²) in [5.74, 6) is 2.17. The van der Waals surface area contributed by atoms with E-state index in [2.05, 4.69) is 62.0 Å². The van der Waals surface area contributed by atoms with E-state index in [1.54, 1.807) is 4.90 Å². The number of aromatic nitrogens is 4. The first-order valence-corrected chi connectivity index (χ1v) is 17.6. The van der Waals surface area contributed by atoms with Crippen molar-refractivity contribution >= 4 is 33.8 Å². The second-order valence-corrected chi connectivity index (χ2v) is 13.8. The van der Waals surface area contributed by atoms with Gasteiger partial charge in [-0.25, -0.2) is 14.8 Å². The van der Waals surface area contributed by atoms with Crippen LogP contribution >= 0.6 is 0 Å². The highest BCUT2D eigenvalue weighted by Gasteiger charge is 2.42. The molecule has 12 heteroatoms. The lowest BCUT2D eigenvalue weighted by Gasteiger charge is -2.29. The molecule has 2 amide bonds. The molecule has 12 nitrogen and oxygen atoms in total. The Kier molecular flexibility index (Phi) is 8.44. The molecule has 2 aromatic heterocycles. The zero-order valence-electron chi connectivity index (χ0n) is 28.8. The number of likely N-dealkylation sites (tertiary alicyclic amines) is 1. The van der Waals surface area contributed by atoms with Gasteiger partial charge in [-0.2, -0.15) is 0 Å². The van der Waals surface area contributed by atoms with Gasteiger partial charge in [0.05, 0.1) is 48.2 Å². The maximum Gasteiger partial charge on any atom is 0.407 e. The Labute approximate surface area is 290 Å². The van der Waals surface area contributed by atoms with Gasteiger partial charge in [0, 0.05) is 30.5 Å². The van der Waals surface area contributed by atoms with E-state index in [1.165, 1.54) is 13.5 Å². The molecule has 3 aromatic carbocycles. The van der Waals surface area contributed by atoms with E-state index >= 15 is 0 Å². The number of rotatable bonds is 8. The SMILES string of the molecule is CCO[C@H]1C[C@@H](c2nc3ccc4cc5c(cc4c3[nH]2)OCc2cc(-c3cnc([C@@H]4CCCN4)[nH]3)ccc2-5)N(C(=O)[C@@H](NC(=O)OC)C(C)C)C1. The highest BCUT2D eigenvalue weighted by Crippen LogP contribution is 2.43. The Balaban J connectivity index is 1.11. The maximum atomic E-state index is 14.0. The molecule has 0 spiro atoms. The van der Waals surface area contributed by atoms with Gasteiger partial charge in [0.15, 0.2) is 0 Å². The van der Waals surface area contributed by atoms with Crippen LogP contribution in [0.4, 0.5) is 4.79 Å². The van der Waals surface area contributed by atoms with Crippen molar-refractivity contribution in [2.24, 2.45) is 5.92 Å². The maximum absolute atomic E-state index is 14.0. The van der Waals surface area contributed by atoms with Gasteiger partial charge < -0.3 is 39.7 Å². The van der Waals surface area contributed by atoms with Crippen molar-refractivity contribution in [3.63, 3.8) is 0 Å². The molecular formula is C38H43N7O5. The van der Waals surface area contributed by atoms with E-state index in [-0.39, 0.29) is 24.0 Å². The largest absolute Gasteiger partial charge is 0.488 e. The zero-order chi connectivity index (χ0) is 34.5. The lowest BCUT2D eigenvalue weighted by atomic mass is 9.92. The number of methoxy groups -OCH3 is 1. The van der Waals surface area contributed by atoms with Gasteiger partial charge in [-0.15, -0.1) is 0 Å². The number of alkyl carbamates (subject to hydrolysis) is 1. The fourth-order valence-electron chi connectivity index (χ4n) is 7.75. The Hall–Kier alpha value is -4.94. The zero-order valence-corrected chi connectivity index (χ0v) is 28.8. The first-order valence-electron chi connectivity index (χ1n) is 17.6. The molecule has 0 bridgehead atoms. The molecule has 8 rings (SSSR count). The molecule has 4 atom stereocenters. The number of ether oxygens (including phenoxy) is 3. The third-order valence-electron chi connectivity index (χ3n) is 10.3. The first-order chi connectivity index (χ1) is 24.3. The van der Waals surface area contributed by atoms with Gasteiger partial charge in [0.1, 0.15) is 30.0 Å². The van der Waals surface area contributed by atoms with Gasteiger partial charge in [0.25, 0.3) is 0 Å². The highest BCUT2D eigenvalue weighted by molar-refractivity contribution is 6.07. The van der Waals surface area contributed by atoms with Crippen LogP contribution in [0, 0.1) is 5.92 Å². The molecule has 0 saturated carbocycles. The number of amides is 2. The third kappa shape index (κ3) is 5.75. The molecule has 0 aliphatic carbocycles. The molecule has 0 unspecified atom stereocenters. The molecule has 260 valence electrons. The number of imidazole rings is 2. The smallest absolute Gasteiger partial charge is 0.407 e. The minimum atomic E-state index is -0.746. The van der Waals surface area contributed by atoms with Crippen molar-refractivity contribution < 1.29 is 23.8 Å². The summed E-state index contributed by atoms with van der Waals surface area (Å²) in [6.07, 6.45) is 4.00. The van der Waals surface area contributed by atoms with Crippen molar-refractivity contribution in [2.45, 2.75) is 70.9 Å². The minimum absolute atomic E-state index is 0.145. The summed E-state index contributed by atoms with van der Waals surface area (Å²) < 4.78 is 17.2. The van der Waals surface area contributed by atoms with Gasteiger partial charge in [-0.1, -0.05) is 32.0 Å². The first kappa shape index (κ1) is 32.3. The second-order valence-electron chi connectivity index (χ2n) is 13.8. The molecule has 0 radical (unpaired) electrons. The topological polar surface area (TPSA) is 146 Å². The fourth-order valence-corrected chi connectivity index (χ4v) is 7.75. The van der Waals surface area contributed by atoms with Crippen LogP contribution in [0.25, 0.3) is 44.2 Å². The summed E-state index contributed by atoms with van der Waals surface area (Å²) in [5, 5.41) is 8.29. The van der Waals surface area contributed by atoms with Crippen LogP contribution in [-0.4, -0.2) is 75.8 Å². The molecule has 2 saturated heterocycles. The number of fused-ring (bicyclic) bond motifs is 6. The number of hydrogen-bond donors (Lipinski definition) is 4. The number of benzene rings is 3. The summed E-state index contributed by atoms with van der Waals surface area (Å²) in [4.78, 5) is 44.6. The Morgan fingerprint density at radius 2 is 1.98 bits per heavy atom. The van der Waals surface area contributed by atoms with Gasteiger partial charge in [0.2, 0.25) is 5.91 Å². The molecule has 4 N–H and O–H groups in total. The van der Waals surface area contributed by atoms with Crippen molar-refractivity contribution in [3.8, 4) is 28.1 Å². The second kappa shape index (κ2) is 13.1. The van der Waals surface area contributed by atoms with Crippen LogP contribution in [-0.2, 0) is 20.9 Å². The van der Waals surface area contributed by atoms with Crippen LogP contribution in [0.2, 0.25) is 0 Å². The summed E-state index contributed by atoms with van der Waals surface area (Å²) in [6.45, 7) is 8.20. The van der Waals surface area contributed by atoms with E-state index in [0.29, 0.717) is 38.0 Å². The molecular weight excluding hydrogens is 634 g/mol. The number of H-pyrrole nitrogens is 2. The molecule has 5 heterocycles. The number of aromatic amines is 2. The predicted molar refractivity (Wildman–Crippen MR) is 190 cm³/mol. The number of carbonyl (C=O) groups excluding carboxylic acids is 2. The molecule has 50 heavy (non-hydrogen) atoms. The van der Waals surface area contributed by atoms with Crippen molar-refractivity contribution in [1.29, 1.82) is 0 Å². The fraction of sp³-hybridized carbons (Fsp3) is 0.421. The van der Waals surface area contributed by atoms with Crippen molar-refractivity contribution in [3.05, 3.63) is 65.9 Å². The van der Waals surface area contributed by atoms with Gasteiger partial charge in [-0.05, 0) is 78.6 Å². The lowest BCUT2D eigenvalue weighted by Crippen LogP contribution is -2.51. The monoisotopic (exact) mass is 677 g/mol. The number of carbonyl (C=O) groups is 2. The van der Waals surface area contributed by atoms with Crippen LogP contribution in [0.3, 0.4) is 0 Å². The summed E-state index contributed by atoms with van der Waals surface area (Å²) in [5.41, 5.74) is 7.12. The average Bonchev–Trinajstić information content (AvgIpc) is 3.95. The molecule has 3 aliphatic rings. The van der Waals surface area contributed by atoms with Gasteiger partial charge in [-0.3, -0.25) is 4.79 Å². The summed E-state index contributed by atoms with van der Waals surface area (Å²) >= 11 is 0. The van der Waals surface area contributed by atoms with Crippen LogP contribution in [0.5, 0.6) is 5.75 Å². The third-order valence-corrected chi connectivity index (χ3v) is 10.3. The van der Waals surface area contributed by atoms with E-state index in [0.717, 1.165) is 74.3 Å². The van der Waals surface area contributed by atoms with Gasteiger partial charge >= 0.3 is 6.09 Å².